The maximum atomic E-state index is 3.74. The van der Waals surface area contributed by atoms with E-state index in [0.29, 0.717) is 6.04 Å². The van der Waals surface area contributed by atoms with Gasteiger partial charge in [-0.05, 0) is 48.3 Å². The predicted molar refractivity (Wildman–Crippen MR) is 92.6 cm³/mol. The Labute approximate surface area is 132 Å². The van der Waals surface area contributed by atoms with Crippen LogP contribution in [0.25, 0.3) is 11.1 Å². The number of hydrogen-bond acceptors (Lipinski definition) is 2. The molecule has 1 nitrogen and oxygen atoms in total. The minimum Gasteiger partial charge on any atom is -0.309 e. The van der Waals surface area contributed by atoms with Crippen molar-refractivity contribution in [2.24, 2.45) is 5.92 Å². The van der Waals surface area contributed by atoms with Crippen LogP contribution in [0.3, 0.4) is 0 Å². The lowest BCUT2D eigenvalue weighted by atomic mass is 9.84. The number of nitrogens with one attached hydrogen (secondary N) is 1. The Kier molecular flexibility index (Phi) is 5.10. The molecule has 3 rings (SSSR count). The van der Waals surface area contributed by atoms with E-state index >= 15 is 0 Å². The lowest BCUT2D eigenvalue weighted by Gasteiger charge is -2.28. The summed E-state index contributed by atoms with van der Waals surface area (Å²) in [5.41, 5.74) is 2.67. The van der Waals surface area contributed by atoms with E-state index in [2.05, 4.69) is 54.0 Å². The highest BCUT2D eigenvalue weighted by atomic mass is 32.1. The molecular weight excluding hydrogens is 274 g/mol. The molecule has 1 aromatic carbocycles. The summed E-state index contributed by atoms with van der Waals surface area (Å²) in [6.45, 7) is 3.37. The molecule has 1 aliphatic rings. The normalized spacial score (nSPS) is 17.8. The third-order valence-electron chi connectivity index (χ3n) is 4.72. The summed E-state index contributed by atoms with van der Waals surface area (Å²) in [6, 6.07) is 13.6. The minimum absolute atomic E-state index is 0.646. The van der Waals surface area contributed by atoms with Gasteiger partial charge in [-0.25, -0.2) is 0 Å². The third-order valence-corrected chi connectivity index (χ3v) is 5.65. The van der Waals surface area contributed by atoms with E-state index in [1.807, 2.05) is 11.3 Å². The Bertz CT molecular complexity index is 540. The van der Waals surface area contributed by atoms with Crippen LogP contribution in [-0.4, -0.2) is 6.04 Å². The molecule has 0 spiro atoms. The fourth-order valence-corrected chi connectivity index (χ4v) is 4.16. The molecule has 1 heterocycles. The average molecular weight is 299 g/mol. The highest BCUT2D eigenvalue weighted by molar-refractivity contribution is 7.10. The first-order valence-electron chi connectivity index (χ1n) is 8.19. The third kappa shape index (κ3) is 3.96. The van der Waals surface area contributed by atoms with Gasteiger partial charge in [0.15, 0.2) is 0 Å². The maximum absolute atomic E-state index is 3.74. The molecule has 1 saturated carbocycles. The van der Waals surface area contributed by atoms with E-state index in [0.717, 1.165) is 12.5 Å². The SMILES string of the molecule is C[C@@H](NCc1cc(-c2ccccc2)cs1)C1CCCCC1. The van der Waals surface area contributed by atoms with Gasteiger partial charge in [0.25, 0.3) is 0 Å². The zero-order valence-corrected chi connectivity index (χ0v) is 13.7. The summed E-state index contributed by atoms with van der Waals surface area (Å²) >= 11 is 1.87. The van der Waals surface area contributed by atoms with Crippen LogP contribution in [0.5, 0.6) is 0 Å². The van der Waals surface area contributed by atoms with Crippen LogP contribution >= 0.6 is 11.3 Å². The number of rotatable bonds is 5. The molecule has 2 aromatic rings. The maximum Gasteiger partial charge on any atom is 0.0302 e. The Morgan fingerprint density at radius 3 is 2.62 bits per heavy atom. The summed E-state index contributed by atoms with van der Waals surface area (Å²) in [7, 11) is 0. The van der Waals surface area contributed by atoms with Crippen molar-refractivity contribution in [1.29, 1.82) is 0 Å². The molecule has 2 heteroatoms. The monoisotopic (exact) mass is 299 g/mol. The largest absolute Gasteiger partial charge is 0.309 e. The van der Waals surface area contributed by atoms with E-state index < -0.39 is 0 Å². The molecule has 1 aromatic heterocycles. The molecule has 0 bridgehead atoms. The van der Waals surface area contributed by atoms with Crippen molar-refractivity contribution in [1.82, 2.24) is 5.32 Å². The summed E-state index contributed by atoms with van der Waals surface area (Å²) in [5.74, 6) is 0.882. The molecule has 0 radical (unpaired) electrons. The van der Waals surface area contributed by atoms with Crippen LogP contribution < -0.4 is 5.32 Å². The topological polar surface area (TPSA) is 12.0 Å². The van der Waals surface area contributed by atoms with Gasteiger partial charge in [-0.2, -0.15) is 0 Å². The minimum atomic E-state index is 0.646. The zero-order valence-electron chi connectivity index (χ0n) is 12.8. The first-order chi connectivity index (χ1) is 10.3. The van der Waals surface area contributed by atoms with Gasteiger partial charge < -0.3 is 5.32 Å². The van der Waals surface area contributed by atoms with E-state index in [-0.39, 0.29) is 0 Å². The van der Waals surface area contributed by atoms with E-state index in [9.17, 15) is 0 Å². The van der Waals surface area contributed by atoms with Crippen molar-refractivity contribution in [3.8, 4) is 11.1 Å². The quantitative estimate of drug-likeness (QED) is 0.771. The highest BCUT2D eigenvalue weighted by Crippen LogP contribution is 2.28. The molecule has 0 unspecified atom stereocenters. The van der Waals surface area contributed by atoms with Gasteiger partial charge >= 0.3 is 0 Å². The summed E-state index contributed by atoms with van der Waals surface area (Å²) in [6.07, 6.45) is 7.11. The van der Waals surface area contributed by atoms with E-state index in [1.54, 1.807) is 0 Å². The van der Waals surface area contributed by atoms with E-state index in [1.165, 1.54) is 48.1 Å². The van der Waals surface area contributed by atoms with Crippen molar-refractivity contribution >= 4 is 11.3 Å². The van der Waals surface area contributed by atoms with Crippen LogP contribution in [0.2, 0.25) is 0 Å². The van der Waals surface area contributed by atoms with Gasteiger partial charge in [0.1, 0.15) is 0 Å². The fraction of sp³-hybridized carbons (Fsp3) is 0.474. The van der Waals surface area contributed by atoms with Crippen molar-refractivity contribution in [3.05, 3.63) is 46.7 Å². The Balaban J connectivity index is 1.55. The van der Waals surface area contributed by atoms with Gasteiger partial charge in [-0.3, -0.25) is 0 Å². The van der Waals surface area contributed by atoms with Crippen molar-refractivity contribution < 1.29 is 0 Å². The fourth-order valence-electron chi connectivity index (χ4n) is 3.32. The second kappa shape index (κ2) is 7.24. The molecule has 112 valence electrons. The second-order valence-electron chi connectivity index (χ2n) is 6.24. The van der Waals surface area contributed by atoms with Gasteiger partial charge in [-0.1, -0.05) is 49.6 Å². The first-order valence-corrected chi connectivity index (χ1v) is 9.07. The molecule has 1 atom stereocenters. The standard InChI is InChI=1S/C19H25NS/c1-15(16-8-4-2-5-9-16)20-13-19-12-18(14-21-19)17-10-6-3-7-11-17/h3,6-7,10-12,14-16,20H,2,4-5,8-9,13H2,1H3/t15-/m1/s1. The van der Waals surface area contributed by atoms with Gasteiger partial charge in [0.2, 0.25) is 0 Å². The summed E-state index contributed by atoms with van der Waals surface area (Å²) < 4.78 is 0. The molecule has 0 amide bonds. The molecule has 21 heavy (non-hydrogen) atoms. The Hall–Kier alpha value is -1.12. The smallest absolute Gasteiger partial charge is 0.0302 e. The van der Waals surface area contributed by atoms with Gasteiger partial charge in [-0.15, -0.1) is 11.3 Å². The molecule has 1 aliphatic carbocycles. The average Bonchev–Trinajstić information content (AvgIpc) is 3.03. The van der Waals surface area contributed by atoms with Crippen LogP contribution in [-0.2, 0) is 6.54 Å². The van der Waals surface area contributed by atoms with Crippen molar-refractivity contribution in [2.45, 2.75) is 51.6 Å². The lowest BCUT2D eigenvalue weighted by molar-refractivity contribution is 0.281. The number of benzene rings is 1. The lowest BCUT2D eigenvalue weighted by Crippen LogP contribution is -2.33. The molecular formula is C19H25NS. The van der Waals surface area contributed by atoms with Crippen molar-refractivity contribution in [3.63, 3.8) is 0 Å². The Morgan fingerprint density at radius 2 is 1.86 bits per heavy atom. The van der Waals surface area contributed by atoms with E-state index in [4.69, 9.17) is 0 Å². The summed E-state index contributed by atoms with van der Waals surface area (Å²) in [4.78, 5) is 1.44. The number of hydrogen-bond donors (Lipinski definition) is 1. The Morgan fingerprint density at radius 1 is 1.10 bits per heavy atom. The highest BCUT2D eigenvalue weighted by Gasteiger charge is 2.19. The predicted octanol–water partition coefficient (Wildman–Crippen LogP) is 5.47. The first kappa shape index (κ1) is 14.8. The van der Waals surface area contributed by atoms with Crippen LogP contribution in [0.4, 0.5) is 0 Å². The molecule has 1 N–H and O–H groups in total. The van der Waals surface area contributed by atoms with Crippen LogP contribution in [0, 0.1) is 5.92 Å². The van der Waals surface area contributed by atoms with Crippen LogP contribution in [0.1, 0.15) is 43.9 Å². The molecule has 1 fully saturated rings. The molecule has 0 aliphatic heterocycles. The van der Waals surface area contributed by atoms with Gasteiger partial charge in [0, 0.05) is 17.5 Å². The zero-order chi connectivity index (χ0) is 14.5. The second-order valence-corrected chi connectivity index (χ2v) is 7.23. The molecule has 0 saturated heterocycles. The number of thiophene rings is 1. The summed E-state index contributed by atoms with van der Waals surface area (Å²) in [5, 5.41) is 6.02. The van der Waals surface area contributed by atoms with Crippen LogP contribution in [0.15, 0.2) is 41.8 Å². The van der Waals surface area contributed by atoms with Gasteiger partial charge in [0.05, 0.1) is 0 Å². The van der Waals surface area contributed by atoms with Crippen molar-refractivity contribution in [2.75, 3.05) is 0 Å².